The van der Waals surface area contributed by atoms with Gasteiger partial charge in [0.1, 0.15) is 0 Å². The molecular weight excluding hydrogens is 396 g/mol. The van der Waals surface area contributed by atoms with Crippen LogP contribution in [0.3, 0.4) is 0 Å². The van der Waals surface area contributed by atoms with E-state index >= 15 is 0 Å². The smallest absolute Gasteiger partial charge is 0.273 e. The summed E-state index contributed by atoms with van der Waals surface area (Å²) in [7, 11) is 0. The Hall–Kier alpha value is -2.74. The number of unbranched alkanes of at least 4 members (excludes halogenated alkanes) is 2. The quantitative estimate of drug-likeness (QED) is 0.315. The van der Waals surface area contributed by atoms with E-state index in [1.807, 2.05) is 51.1 Å². The number of nitrogens with zero attached hydrogens (tertiary/aromatic N) is 5. The van der Waals surface area contributed by atoms with Crippen molar-refractivity contribution in [1.82, 2.24) is 30.3 Å². The molecule has 3 aromatic rings. The van der Waals surface area contributed by atoms with Crippen molar-refractivity contribution in [3.8, 4) is 5.69 Å². The summed E-state index contributed by atoms with van der Waals surface area (Å²) in [6.07, 6.45) is 3.15. The first kappa shape index (κ1) is 22.0. The summed E-state index contributed by atoms with van der Waals surface area (Å²) in [5.41, 5.74) is 4.96. The van der Waals surface area contributed by atoms with E-state index in [1.165, 1.54) is 11.8 Å². The average Bonchev–Trinajstić information content (AvgIpc) is 3.13. The van der Waals surface area contributed by atoms with Crippen LogP contribution >= 0.6 is 11.8 Å². The minimum absolute atomic E-state index is 0.193. The minimum atomic E-state index is -0.193. The highest BCUT2D eigenvalue weighted by Crippen LogP contribution is 2.24. The molecule has 0 spiro atoms. The molecule has 0 unspecified atom stereocenters. The molecule has 30 heavy (non-hydrogen) atoms. The van der Waals surface area contributed by atoms with Crippen LogP contribution in [-0.2, 0) is 5.75 Å². The van der Waals surface area contributed by atoms with Gasteiger partial charge < -0.3 is 5.32 Å². The van der Waals surface area contributed by atoms with Gasteiger partial charge in [0.15, 0.2) is 10.9 Å². The van der Waals surface area contributed by atoms with E-state index in [0.717, 1.165) is 47.6 Å². The second-order valence-electron chi connectivity index (χ2n) is 7.32. The summed E-state index contributed by atoms with van der Waals surface area (Å²) >= 11 is 1.48. The topological polar surface area (TPSA) is 85.6 Å². The molecule has 1 amide bonds. The van der Waals surface area contributed by atoms with Gasteiger partial charge in [-0.1, -0.05) is 54.4 Å². The molecule has 1 N–H and O–H groups in total. The third-order valence-corrected chi connectivity index (χ3v) is 5.48. The molecule has 2 heterocycles. The SMILES string of the molecule is CCCCCNC(=O)c1nnn(-c2ccc(C)cc2)c1CSc1nc(C)cc(C)n1. The van der Waals surface area contributed by atoms with Gasteiger partial charge in [-0.25, -0.2) is 14.6 Å². The van der Waals surface area contributed by atoms with Crippen molar-refractivity contribution in [1.29, 1.82) is 0 Å². The van der Waals surface area contributed by atoms with E-state index < -0.39 is 0 Å². The van der Waals surface area contributed by atoms with Gasteiger partial charge in [-0.05, 0) is 45.4 Å². The van der Waals surface area contributed by atoms with Crippen LogP contribution in [0.25, 0.3) is 5.69 Å². The number of aryl methyl sites for hydroxylation is 3. The molecular formula is C22H28N6OS. The molecule has 0 aliphatic heterocycles. The maximum atomic E-state index is 12.8. The Balaban J connectivity index is 1.87. The number of benzene rings is 1. The summed E-state index contributed by atoms with van der Waals surface area (Å²) in [6, 6.07) is 9.94. The molecule has 1 aromatic carbocycles. The van der Waals surface area contributed by atoms with Crippen LogP contribution < -0.4 is 5.32 Å². The van der Waals surface area contributed by atoms with Crippen molar-refractivity contribution in [2.45, 2.75) is 57.9 Å². The van der Waals surface area contributed by atoms with Gasteiger partial charge >= 0.3 is 0 Å². The van der Waals surface area contributed by atoms with E-state index in [2.05, 4.69) is 32.5 Å². The van der Waals surface area contributed by atoms with Gasteiger partial charge in [0.2, 0.25) is 0 Å². The monoisotopic (exact) mass is 424 g/mol. The Morgan fingerprint density at radius 2 is 1.77 bits per heavy atom. The lowest BCUT2D eigenvalue weighted by atomic mass is 10.2. The maximum Gasteiger partial charge on any atom is 0.273 e. The van der Waals surface area contributed by atoms with Crippen LogP contribution in [-0.4, -0.2) is 37.4 Å². The third-order valence-electron chi connectivity index (χ3n) is 4.62. The Morgan fingerprint density at radius 3 is 2.43 bits per heavy atom. The highest BCUT2D eigenvalue weighted by molar-refractivity contribution is 7.98. The summed E-state index contributed by atoms with van der Waals surface area (Å²) in [6.45, 7) is 8.71. The van der Waals surface area contributed by atoms with E-state index in [0.29, 0.717) is 23.1 Å². The number of carbonyl (C=O) groups excluding carboxylic acids is 1. The van der Waals surface area contributed by atoms with Crippen molar-refractivity contribution in [2.75, 3.05) is 6.54 Å². The number of thioether (sulfide) groups is 1. The van der Waals surface area contributed by atoms with Crippen LogP contribution in [0.1, 0.15) is 59.3 Å². The van der Waals surface area contributed by atoms with E-state index in [4.69, 9.17) is 0 Å². The molecule has 0 radical (unpaired) electrons. The van der Waals surface area contributed by atoms with Crippen molar-refractivity contribution >= 4 is 17.7 Å². The molecule has 0 fully saturated rings. The zero-order valence-corrected chi connectivity index (χ0v) is 18.8. The largest absolute Gasteiger partial charge is 0.351 e. The Morgan fingerprint density at radius 1 is 1.07 bits per heavy atom. The number of carbonyl (C=O) groups is 1. The minimum Gasteiger partial charge on any atom is -0.351 e. The van der Waals surface area contributed by atoms with Gasteiger partial charge in [0.05, 0.1) is 11.4 Å². The molecule has 7 nitrogen and oxygen atoms in total. The predicted octanol–water partition coefficient (Wildman–Crippen LogP) is 4.19. The lowest BCUT2D eigenvalue weighted by Crippen LogP contribution is -2.26. The molecule has 0 bridgehead atoms. The molecule has 0 aliphatic carbocycles. The van der Waals surface area contributed by atoms with Gasteiger partial charge in [0.25, 0.3) is 5.91 Å². The number of aromatic nitrogens is 5. The summed E-state index contributed by atoms with van der Waals surface area (Å²) in [5, 5.41) is 12.1. The van der Waals surface area contributed by atoms with Crippen LogP contribution in [0, 0.1) is 20.8 Å². The van der Waals surface area contributed by atoms with Gasteiger partial charge in [0, 0.05) is 23.7 Å². The first-order valence-corrected chi connectivity index (χ1v) is 11.2. The van der Waals surface area contributed by atoms with Crippen molar-refractivity contribution in [3.63, 3.8) is 0 Å². The lowest BCUT2D eigenvalue weighted by Gasteiger charge is -2.09. The molecule has 0 saturated carbocycles. The number of nitrogens with one attached hydrogen (secondary N) is 1. The standard InChI is InChI=1S/C22H28N6OS/c1-5-6-7-12-23-21(29)20-19(14-30-22-24-16(3)13-17(4)25-22)28(27-26-20)18-10-8-15(2)9-11-18/h8-11,13H,5-7,12,14H2,1-4H3,(H,23,29). The fraction of sp³-hybridized carbons (Fsp3) is 0.409. The number of amides is 1. The van der Waals surface area contributed by atoms with Gasteiger partial charge in [-0.2, -0.15) is 0 Å². The van der Waals surface area contributed by atoms with Crippen molar-refractivity contribution < 1.29 is 4.79 Å². The van der Waals surface area contributed by atoms with Crippen molar-refractivity contribution in [3.05, 3.63) is 58.7 Å². The van der Waals surface area contributed by atoms with E-state index in [1.54, 1.807) is 4.68 Å². The Bertz CT molecular complexity index is 979. The van der Waals surface area contributed by atoms with Crippen LogP contribution in [0.5, 0.6) is 0 Å². The molecule has 0 atom stereocenters. The zero-order chi connectivity index (χ0) is 21.5. The van der Waals surface area contributed by atoms with Crippen molar-refractivity contribution in [2.24, 2.45) is 0 Å². The van der Waals surface area contributed by atoms with E-state index in [-0.39, 0.29) is 5.91 Å². The molecule has 158 valence electrons. The number of rotatable bonds is 9. The lowest BCUT2D eigenvalue weighted by molar-refractivity contribution is 0.0947. The molecule has 2 aromatic heterocycles. The third kappa shape index (κ3) is 5.66. The molecule has 0 saturated heterocycles. The molecule has 0 aliphatic rings. The summed E-state index contributed by atoms with van der Waals surface area (Å²) < 4.78 is 1.73. The second kappa shape index (κ2) is 10.3. The first-order chi connectivity index (χ1) is 14.5. The summed E-state index contributed by atoms with van der Waals surface area (Å²) in [5.74, 6) is 0.294. The number of hydrogen-bond donors (Lipinski definition) is 1. The fourth-order valence-corrected chi connectivity index (χ4v) is 3.99. The predicted molar refractivity (Wildman–Crippen MR) is 119 cm³/mol. The van der Waals surface area contributed by atoms with Crippen LogP contribution in [0.15, 0.2) is 35.5 Å². The second-order valence-corrected chi connectivity index (χ2v) is 8.26. The highest BCUT2D eigenvalue weighted by Gasteiger charge is 2.21. The Kier molecular flexibility index (Phi) is 7.57. The van der Waals surface area contributed by atoms with Crippen LogP contribution in [0.2, 0.25) is 0 Å². The number of hydrogen-bond acceptors (Lipinski definition) is 6. The highest BCUT2D eigenvalue weighted by atomic mass is 32.2. The Labute approximate surface area is 181 Å². The first-order valence-electron chi connectivity index (χ1n) is 10.2. The maximum absolute atomic E-state index is 12.8. The zero-order valence-electron chi connectivity index (χ0n) is 18.0. The molecule has 3 rings (SSSR count). The van der Waals surface area contributed by atoms with E-state index in [9.17, 15) is 4.79 Å². The summed E-state index contributed by atoms with van der Waals surface area (Å²) in [4.78, 5) is 21.8. The van der Waals surface area contributed by atoms with Gasteiger partial charge in [-0.3, -0.25) is 4.79 Å². The average molecular weight is 425 g/mol. The van der Waals surface area contributed by atoms with Crippen LogP contribution in [0.4, 0.5) is 0 Å². The molecule has 8 heteroatoms. The fourth-order valence-electron chi connectivity index (χ4n) is 3.05. The normalized spacial score (nSPS) is 10.9. The van der Waals surface area contributed by atoms with Gasteiger partial charge in [-0.15, -0.1) is 5.10 Å².